The number of ether oxygens (including phenoxy) is 1. The van der Waals surface area contributed by atoms with Crippen molar-refractivity contribution in [2.75, 3.05) is 31.0 Å². The van der Waals surface area contributed by atoms with E-state index in [1.54, 1.807) is 28.6 Å². The molecule has 1 aliphatic rings. The van der Waals surface area contributed by atoms with Crippen LogP contribution in [0.5, 0.6) is 0 Å². The molecule has 3 aromatic heterocycles. The van der Waals surface area contributed by atoms with Gasteiger partial charge in [0.25, 0.3) is 10.0 Å². The smallest absolute Gasteiger partial charge is 0.273 e. The molecular weight excluding hydrogens is 432 g/mol. The summed E-state index contributed by atoms with van der Waals surface area (Å²) in [6.45, 7) is 1.76. The highest BCUT2D eigenvalue weighted by atomic mass is 32.2. The standard InChI is InChI=1S/C18H18N4O4S3/c23-16-11-26-10-9-22(16)8-6-13-12-27-18(20-13)21-29(24,25)17-5-4-15(28-17)14-3-1-2-7-19-14/h1-5,7,12H,6,8-11H2,(H,20,21). The number of sulfonamides is 1. The van der Waals surface area contributed by atoms with Crippen LogP contribution >= 0.6 is 22.7 Å². The lowest BCUT2D eigenvalue weighted by atomic mass is 10.3. The summed E-state index contributed by atoms with van der Waals surface area (Å²) in [6.07, 6.45) is 2.23. The third-order valence-corrected chi connectivity index (χ3v) is 8.13. The van der Waals surface area contributed by atoms with Crippen LogP contribution in [0.4, 0.5) is 5.13 Å². The van der Waals surface area contributed by atoms with Gasteiger partial charge in [0.15, 0.2) is 5.13 Å². The van der Waals surface area contributed by atoms with E-state index in [0.29, 0.717) is 31.2 Å². The Bertz CT molecular complexity index is 1100. The van der Waals surface area contributed by atoms with Crippen LogP contribution in [-0.2, 0) is 26.0 Å². The molecule has 152 valence electrons. The number of thiazole rings is 1. The van der Waals surface area contributed by atoms with E-state index < -0.39 is 10.0 Å². The average Bonchev–Trinajstić information content (AvgIpc) is 3.38. The largest absolute Gasteiger partial charge is 0.370 e. The first kappa shape index (κ1) is 20.0. The minimum Gasteiger partial charge on any atom is -0.370 e. The lowest BCUT2D eigenvalue weighted by Gasteiger charge is -2.26. The Morgan fingerprint density at radius 3 is 2.93 bits per heavy atom. The summed E-state index contributed by atoms with van der Waals surface area (Å²) in [5.74, 6) is -0.0335. The summed E-state index contributed by atoms with van der Waals surface area (Å²) in [5, 5.41) is 2.11. The van der Waals surface area contributed by atoms with E-state index in [1.807, 2.05) is 18.2 Å². The second-order valence-electron chi connectivity index (χ2n) is 6.27. The van der Waals surface area contributed by atoms with Crippen molar-refractivity contribution in [2.45, 2.75) is 10.6 Å². The van der Waals surface area contributed by atoms with Crippen molar-refractivity contribution in [2.24, 2.45) is 0 Å². The normalized spacial score (nSPS) is 14.9. The predicted octanol–water partition coefficient (Wildman–Crippen LogP) is 2.47. The summed E-state index contributed by atoms with van der Waals surface area (Å²) in [4.78, 5) is 22.9. The zero-order valence-electron chi connectivity index (χ0n) is 15.3. The van der Waals surface area contributed by atoms with Crippen molar-refractivity contribution in [3.8, 4) is 10.6 Å². The van der Waals surface area contributed by atoms with Crippen LogP contribution in [-0.4, -0.2) is 55.5 Å². The van der Waals surface area contributed by atoms with Crippen molar-refractivity contribution in [3.63, 3.8) is 0 Å². The highest BCUT2D eigenvalue weighted by Crippen LogP contribution is 2.31. The number of morpholine rings is 1. The minimum atomic E-state index is -3.72. The molecule has 1 amide bonds. The molecule has 0 unspecified atom stereocenters. The van der Waals surface area contributed by atoms with E-state index in [9.17, 15) is 13.2 Å². The molecule has 0 spiro atoms. The Morgan fingerprint density at radius 2 is 2.14 bits per heavy atom. The maximum absolute atomic E-state index is 12.7. The first-order valence-corrected chi connectivity index (χ1v) is 12.0. The number of amides is 1. The molecule has 1 saturated heterocycles. The molecule has 29 heavy (non-hydrogen) atoms. The van der Waals surface area contributed by atoms with Gasteiger partial charge in [0, 0.05) is 31.1 Å². The van der Waals surface area contributed by atoms with Crippen LogP contribution in [0.3, 0.4) is 0 Å². The third kappa shape index (κ3) is 4.81. The Balaban J connectivity index is 1.40. The Kier molecular flexibility index (Phi) is 5.90. The van der Waals surface area contributed by atoms with Crippen molar-refractivity contribution >= 4 is 43.7 Å². The second-order valence-corrected chi connectivity index (χ2v) is 10.1. The number of rotatable bonds is 7. The molecule has 4 rings (SSSR count). The van der Waals surface area contributed by atoms with E-state index in [2.05, 4.69) is 14.7 Å². The van der Waals surface area contributed by atoms with Crippen LogP contribution in [0, 0.1) is 0 Å². The number of hydrogen-bond donors (Lipinski definition) is 1. The van der Waals surface area contributed by atoms with E-state index in [4.69, 9.17) is 4.74 Å². The maximum Gasteiger partial charge on any atom is 0.273 e. The summed E-state index contributed by atoms with van der Waals surface area (Å²) in [5.41, 5.74) is 1.47. The molecule has 8 nitrogen and oxygen atoms in total. The fraction of sp³-hybridized carbons (Fsp3) is 0.278. The predicted molar refractivity (Wildman–Crippen MR) is 112 cm³/mol. The average molecular weight is 451 g/mol. The van der Waals surface area contributed by atoms with Crippen molar-refractivity contribution < 1.29 is 17.9 Å². The molecule has 1 fully saturated rings. The van der Waals surface area contributed by atoms with Gasteiger partial charge in [-0.25, -0.2) is 13.4 Å². The van der Waals surface area contributed by atoms with E-state index >= 15 is 0 Å². The Morgan fingerprint density at radius 1 is 1.24 bits per heavy atom. The number of pyridine rings is 1. The van der Waals surface area contributed by atoms with Gasteiger partial charge in [0.1, 0.15) is 10.8 Å². The molecule has 1 N–H and O–H groups in total. The number of carbonyl (C=O) groups excluding carboxylic acids is 1. The number of nitrogens with zero attached hydrogens (tertiary/aromatic N) is 3. The Hall–Kier alpha value is -2.34. The summed E-state index contributed by atoms with van der Waals surface area (Å²) in [6, 6.07) is 8.81. The minimum absolute atomic E-state index is 0.0335. The molecule has 0 aliphatic carbocycles. The van der Waals surface area contributed by atoms with Crippen molar-refractivity contribution in [1.82, 2.24) is 14.9 Å². The van der Waals surface area contributed by atoms with Gasteiger partial charge in [-0.2, -0.15) is 0 Å². The van der Waals surface area contributed by atoms with Gasteiger partial charge < -0.3 is 9.64 Å². The summed E-state index contributed by atoms with van der Waals surface area (Å²) < 4.78 is 33.2. The van der Waals surface area contributed by atoms with Gasteiger partial charge >= 0.3 is 0 Å². The van der Waals surface area contributed by atoms with Gasteiger partial charge in [-0.3, -0.25) is 14.5 Å². The van der Waals surface area contributed by atoms with E-state index in [1.165, 1.54) is 11.3 Å². The second kappa shape index (κ2) is 8.57. The third-order valence-electron chi connectivity index (χ3n) is 4.26. The van der Waals surface area contributed by atoms with Gasteiger partial charge in [0.2, 0.25) is 5.91 Å². The molecule has 0 atom stereocenters. The number of carbonyl (C=O) groups is 1. The van der Waals surface area contributed by atoms with Gasteiger partial charge in [-0.05, 0) is 24.3 Å². The van der Waals surface area contributed by atoms with Crippen LogP contribution in [0.15, 0.2) is 46.1 Å². The highest BCUT2D eigenvalue weighted by Gasteiger charge is 2.21. The lowest BCUT2D eigenvalue weighted by Crippen LogP contribution is -2.42. The first-order chi connectivity index (χ1) is 14.0. The molecular formula is C18H18N4O4S3. The topological polar surface area (TPSA) is 101 Å². The summed E-state index contributed by atoms with van der Waals surface area (Å²) in [7, 11) is -3.72. The Labute approximate surface area is 176 Å². The zero-order valence-corrected chi connectivity index (χ0v) is 17.7. The van der Waals surface area contributed by atoms with Gasteiger partial charge in [0.05, 0.1) is 22.9 Å². The molecule has 3 aromatic rings. The lowest BCUT2D eigenvalue weighted by molar-refractivity contribution is -0.142. The molecule has 4 heterocycles. The number of thiophene rings is 1. The quantitative estimate of drug-likeness (QED) is 0.593. The number of nitrogens with one attached hydrogen (secondary N) is 1. The fourth-order valence-electron chi connectivity index (χ4n) is 2.78. The highest BCUT2D eigenvalue weighted by molar-refractivity contribution is 7.95. The SMILES string of the molecule is O=C1COCCN1CCc1csc(NS(=O)(=O)c2ccc(-c3ccccn3)s2)n1. The first-order valence-electron chi connectivity index (χ1n) is 8.85. The van der Waals surface area contributed by atoms with E-state index in [-0.39, 0.29) is 16.7 Å². The molecule has 1 aliphatic heterocycles. The molecule has 0 saturated carbocycles. The van der Waals surface area contributed by atoms with Crippen molar-refractivity contribution in [3.05, 3.63) is 47.6 Å². The zero-order chi connectivity index (χ0) is 20.3. The number of anilines is 1. The molecule has 11 heteroatoms. The molecule has 0 bridgehead atoms. The van der Waals surface area contributed by atoms with Crippen LogP contribution in [0.1, 0.15) is 5.69 Å². The summed E-state index contributed by atoms with van der Waals surface area (Å²) >= 11 is 2.38. The van der Waals surface area contributed by atoms with E-state index in [0.717, 1.165) is 27.6 Å². The van der Waals surface area contributed by atoms with Crippen LogP contribution in [0.25, 0.3) is 10.6 Å². The monoisotopic (exact) mass is 450 g/mol. The van der Waals surface area contributed by atoms with Gasteiger partial charge in [-0.15, -0.1) is 22.7 Å². The maximum atomic E-state index is 12.7. The fourth-order valence-corrected chi connectivity index (χ4v) is 6.06. The van der Waals surface area contributed by atoms with Crippen molar-refractivity contribution in [1.29, 1.82) is 0 Å². The van der Waals surface area contributed by atoms with Crippen LogP contribution < -0.4 is 4.72 Å². The van der Waals surface area contributed by atoms with Crippen LogP contribution in [0.2, 0.25) is 0 Å². The number of aromatic nitrogens is 2. The van der Waals surface area contributed by atoms with Gasteiger partial charge in [-0.1, -0.05) is 6.07 Å². The molecule has 0 aromatic carbocycles. The molecule has 0 radical (unpaired) electrons. The number of hydrogen-bond acceptors (Lipinski definition) is 8.